The summed E-state index contributed by atoms with van der Waals surface area (Å²) in [7, 11) is -0.00614. The minimum Gasteiger partial charge on any atom is -0.411 e. The number of halogens is 1. The molecular weight excluding hydrogens is 447 g/mol. The van der Waals surface area contributed by atoms with Crippen LogP contribution in [0.1, 0.15) is 47.0 Å². The van der Waals surface area contributed by atoms with Crippen molar-refractivity contribution < 1.29 is 18.6 Å². The molecule has 1 saturated carbocycles. The highest BCUT2D eigenvalue weighted by atomic mass is 127. The molecule has 0 aromatic rings. The minimum absolute atomic E-state index is 0.0389. The second kappa shape index (κ2) is 6.69. The van der Waals surface area contributed by atoms with E-state index in [0.717, 1.165) is 30.3 Å². The third-order valence-electron chi connectivity index (χ3n) is 7.12. The van der Waals surface area contributed by atoms with Crippen molar-refractivity contribution in [3.63, 3.8) is 0 Å². The fourth-order valence-corrected chi connectivity index (χ4v) is 6.37. The van der Waals surface area contributed by atoms with E-state index in [9.17, 15) is 0 Å². The maximum atomic E-state index is 6.82. The van der Waals surface area contributed by atoms with Gasteiger partial charge in [0.05, 0.1) is 36.4 Å². The van der Waals surface area contributed by atoms with Crippen molar-refractivity contribution in [1.82, 2.24) is 0 Å². The number of methoxy groups -OCH3 is 1. The first-order valence-electron chi connectivity index (χ1n) is 9.59. The van der Waals surface area contributed by atoms with Gasteiger partial charge in [-0.2, -0.15) is 0 Å². The first-order chi connectivity index (χ1) is 11.5. The zero-order chi connectivity index (χ0) is 18.7. The van der Waals surface area contributed by atoms with Crippen LogP contribution in [-0.2, 0) is 18.6 Å². The molecule has 0 aromatic heterocycles. The van der Waals surface area contributed by atoms with Gasteiger partial charge in [-0.1, -0.05) is 43.4 Å². The molecule has 0 radical (unpaired) electrons. The van der Waals surface area contributed by atoms with Crippen LogP contribution < -0.4 is 0 Å². The Morgan fingerprint density at radius 2 is 1.92 bits per heavy atom. The monoisotopic (exact) mass is 482 g/mol. The number of ether oxygens (including phenoxy) is 3. The summed E-state index contributed by atoms with van der Waals surface area (Å²) < 4.78 is 26.3. The predicted octanol–water partition coefficient (Wildman–Crippen LogP) is 4.55. The van der Waals surface area contributed by atoms with Gasteiger partial charge in [0.2, 0.25) is 0 Å². The van der Waals surface area contributed by atoms with Crippen molar-refractivity contribution in [3.05, 3.63) is 0 Å². The Morgan fingerprint density at radius 3 is 2.40 bits per heavy atom. The second-order valence-corrected chi connectivity index (χ2v) is 15.6. The summed E-state index contributed by atoms with van der Waals surface area (Å²) >= 11 is 2.44. The van der Waals surface area contributed by atoms with E-state index in [1.165, 1.54) is 0 Å². The van der Waals surface area contributed by atoms with Crippen molar-refractivity contribution in [3.8, 4) is 0 Å². The van der Waals surface area contributed by atoms with Crippen LogP contribution in [0.4, 0.5) is 0 Å². The van der Waals surface area contributed by atoms with Crippen LogP contribution in [0, 0.1) is 5.92 Å². The van der Waals surface area contributed by atoms with Crippen LogP contribution in [0.5, 0.6) is 0 Å². The molecule has 0 aromatic carbocycles. The lowest BCUT2D eigenvalue weighted by atomic mass is 9.68. The van der Waals surface area contributed by atoms with E-state index in [2.05, 4.69) is 63.4 Å². The Morgan fingerprint density at radius 1 is 1.28 bits per heavy atom. The lowest BCUT2D eigenvalue weighted by Crippen LogP contribution is -2.58. The molecule has 2 saturated heterocycles. The molecular formula is C19H35IO4Si. The molecule has 146 valence electrons. The van der Waals surface area contributed by atoms with Gasteiger partial charge in [-0.05, 0) is 44.3 Å². The molecule has 2 heterocycles. The van der Waals surface area contributed by atoms with E-state index >= 15 is 0 Å². The third-order valence-corrected chi connectivity index (χ3v) is 12.2. The van der Waals surface area contributed by atoms with E-state index in [1.807, 2.05) is 7.11 Å². The van der Waals surface area contributed by atoms with Crippen LogP contribution in [0.15, 0.2) is 0 Å². The normalized spacial score (nSPS) is 44.2. The number of epoxide rings is 2. The van der Waals surface area contributed by atoms with E-state index < -0.39 is 8.32 Å². The van der Waals surface area contributed by atoms with Gasteiger partial charge in [-0.3, -0.25) is 0 Å². The molecule has 6 heteroatoms. The lowest BCUT2D eigenvalue weighted by molar-refractivity contribution is -0.111. The molecule has 0 amide bonds. The minimum atomic E-state index is -1.84. The maximum Gasteiger partial charge on any atom is 0.192 e. The summed E-state index contributed by atoms with van der Waals surface area (Å²) in [4.78, 5) is 0. The van der Waals surface area contributed by atoms with Gasteiger partial charge in [-0.25, -0.2) is 0 Å². The van der Waals surface area contributed by atoms with Crippen molar-refractivity contribution in [2.24, 2.45) is 5.92 Å². The molecule has 2 aliphatic heterocycles. The Bertz CT molecular complexity index is 502. The average Bonchev–Trinajstić information content (AvgIpc) is 3.39. The Kier molecular flexibility index (Phi) is 5.49. The molecule has 0 bridgehead atoms. The zero-order valence-corrected chi connectivity index (χ0v) is 20.0. The lowest BCUT2D eigenvalue weighted by Gasteiger charge is -2.47. The molecule has 25 heavy (non-hydrogen) atoms. The first-order valence-corrected chi connectivity index (χ1v) is 14.0. The van der Waals surface area contributed by atoms with Crippen LogP contribution in [0.2, 0.25) is 18.1 Å². The van der Waals surface area contributed by atoms with Crippen LogP contribution >= 0.6 is 22.6 Å². The van der Waals surface area contributed by atoms with Crippen molar-refractivity contribution >= 4 is 30.9 Å². The summed E-state index contributed by atoms with van der Waals surface area (Å²) in [5.74, 6) is 0.265. The number of alkyl halides is 1. The molecule has 1 aliphatic carbocycles. The third kappa shape index (κ3) is 3.60. The van der Waals surface area contributed by atoms with E-state index in [4.69, 9.17) is 18.6 Å². The summed E-state index contributed by atoms with van der Waals surface area (Å²) in [5, 5.41) is 0.204. The van der Waals surface area contributed by atoms with Crippen LogP contribution in [0.25, 0.3) is 0 Å². The van der Waals surface area contributed by atoms with Gasteiger partial charge in [0.25, 0.3) is 0 Å². The highest BCUT2D eigenvalue weighted by molar-refractivity contribution is 14.1. The standard InChI is InChI=1S/C19H35IO4Si/c1-17(2,3)25(6,7)24-13-8-10-19(12-22-19)16(15(13)21-5)18(4)14(23-18)9-11-20/h13-16H,8-12H2,1-7H3/t13?,14-,15-,16-,18+,19+/m1/s1. The number of hydrogen-bond donors (Lipinski definition) is 0. The highest BCUT2D eigenvalue weighted by Crippen LogP contribution is 2.60. The molecule has 0 N–H and O–H groups in total. The number of rotatable bonds is 6. The van der Waals surface area contributed by atoms with Gasteiger partial charge in [0.15, 0.2) is 8.32 Å². The average molecular weight is 482 g/mol. The second-order valence-electron chi connectivity index (χ2n) is 9.75. The van der Waals surface area contributed by atoms with E-state index in [1.54, 1.807) is 0 Å². The summed E-state index contributed by atoms with van der Waals surface area (Å²) in [6, 6.07) is 0. The van der Waals surface area contributed by atoms with Crippen molar-refractivity contribution in [1.29, 1.82) is 0 Å². The van der Waals surface area contributed by atoms with E-state index in [-0.39, 0.29) is 34.4 Å². The molecule has 1 unspecified atom stereocenters. The van der Waals surface area contributed by atoms with Gasteiger partial charge in [0, 0.05) is 11.5 Å². The largest absolute Gasteiger partial charge is 0.411 e. The van der Waals surface area contributed by atoms with Gasteiger partial charge >= 0.3 is 0 Å². The molecule has 3 aliphatic rings. The topological polar surface area (TPSA) is 43.5 Å². The fourth-order valence-electron chi connectivity index (χ4n) is 4.45. The molecule has 3 rings (SSSR count). The molecule has 3 fully saturated rings. The Labute approximate surface area is 168 Å². The van der Waals surface area contributed by atoms with Crippen LogP contribution in [0.3, 0.4) is 0 Å². The van der Waals surface area contributed by atoms with Gasteiger partial charge < -0.3 is 18.6 Å². The van der Waals surface area contributed by atoms with Crippen LogP contribution in [-0.4, -0.2) is 56.0 Å². The first kappa shape index (κ1) is 20.5. The summed E-state index contributed by atoms with van der Waals surface area (Å²) in [6.07, 6.45) is 3.72. The molecule has 6 atom stereocenters. The highest BCUT2D eigenvalue weighted by Gasteiger charge is 2.72. The predicted molar refractivity (Wildman–Crippen MR) is 111 cm³/mol. The smallest absolute Gasteiger partial charge is 0.192 e. The SMILES string of the molecule is CO[C@@H]1C(O[Si](C)(C)C(C)(C)C)CC[C@]2(CO2)[C@H]1[C@@]1(C)O[C@@H]1CCI. The Hall–Kier alpha value is 0.787. The van der Waals surface area contributed by atoms with E-state index in [0.29, 0.717) is 6.10 Å². The number of hydrogen-bond acceptors (Lipinski definition) is 4. The summed E-state index contributed by atoms with van der Waals surface area (Å²) in [5.41, 5.74) is -0.166. The quantitative estimate of drug-likeness (QED) is 0.241. The summed E-state index contributed by atoms with van der Waals surface area (Å²) in [6.45, 7) is 14.7. The Balaban J connectivity index is 1.82. The van der Waals surface area contributed by atoms with Crippen molar-refractivity contribution in [2.45, 2.75) is 94.6 Å². The fraction of sp³-hybridized carbons (Fsp3) is 1.00. The zero-order valence-electron chi connectivity index (χ0n) is 16.9. The van der Waals surface area contributed by atoms with Gasteiger partial charge in [-0.15, -0.1) is 0 Å². The van der Waals surface area contributed by atoms with Gasteiger partial charge in [0.1, 0.15) is 5.60 Å². The maximum absolute atomic E-state index is 6.82. The molecule has 1 spiro atoms. The molecule has 4 nitrogen and oxygen atoms in total. The van der Waals surface area contributed by atoms with Crippen molar-refractivity contribution in [2.75, 3.05) is 18.1 Å².